The summed E-state index contributed by atoms with van der Waals surface area (Å²) in [5.41, 5.74) is 1.46. The van der Waals surface area contributed by atoms with Crippen molar-refractivity contribution in [3.63, 3.8) is 0 Å². The smallest absolute Gasteiger partial charge is 0.271 e. The number of carbonyl (C=O) groups excluding carboxylic acids is 2. The molecule has 3 heterocycles. The molecular weight excluding hydrogens is 495 g/mol. The van der Waals surface area contributed by atoms with Crippen LogP contribution in [0.4, 0.5) is 10.2 Å². The average molecular weight is 519 g/mol. The molecule has 0 unspecified atom stereocenters. The van der Waals surface area contributed by atoms with Gasteiger partial charge in [-0.3, -0.25) is 14.6 Å². The van der Waals surface area contributed by atoms with E-state index in [9.17, 15) is 14.0 Å². The lowest BCUT2D eigenvalue weighted by Crippen LogP contribution is -2.37. The van der Waals surface area contributed by atoms with Gasteiger partial charge in [-0.15, -0.1) is 0 Å². The van der Waals surface area contributed by atoms with E-state index in [1.807, 2.05) is 30.3 Å². The summed E-state index contributed by atoms with van der Waals surface area (Å²) in [7, 11) is 0. The van der Waals surface area contributed by atoms with Crippen molar-refractivity contribution >= 4 is 29.2 Å². The standard InChI is InChI=1S/C27H24ClFN6O2/c28-21-11-10-17(25-22(29)9-5-13-31-25)14-20(21)26(36)33-24-15-23(27(37)32-16-18-6-4-12-30-18)34-35(24)19-7-2-1-3-8-19/h1-3,5,7-11,13-15,18,30H,4,6,12,16H2,(H,32,37)(H,33,36)/t18-/m0/s1. The van der Waals surface area contributed by atoms with E-state index < -0.39 is 11.7 Å². The number of nitrogens with zero attached hydrogens (tertiary/aromatic N) is 3. The third kappa shape index (κ3) is 5.52. The quantitative estimate of drug-likeness (QED) is 0.335. The van der Waals surface area contributed by atoms with Crippen molar-refractivity contribution in [3.8, 4) is 16.9 Å². The van der Waals surface area contributed by atoms with Crippen LogP contribution < -0.4 is 16.0 Å². The first kappa shape index (κ1) is 24.6. The minimum atomic E-state index is -0.539. The minimum Gasteiger partial charge on any atom is -0.349 e. The van der Waals surface area contributed by atoms with Crippen molar-refractivity contribution in [2.24, 2.45) is 0 Å². The molecular formula is C27H24ClFN6O2. The van der Waals surface area contributed by atoms with Crippen molar-refractivity contribution in [2.75, 3.05) is 18.4 Å². The molecule has 5 rings (SSSR count). The Morgan fingerprint density at radius 3 is 2.68 bits per heavy atom. The SMILES string of the molecule is O=C(NC[C@@H]1CCCN1)c1cc(NC(=O)c2cc(-c3ncccc3F)ccc2Cl)n(-c2ccccc2)n1. The number of hydrogen-bond donors (Lipinski definition) is 3. The lowest BCUT2D eigenvalue weighted by molar-refractivity contribution is 0.0944. The molecule has 0 aliphatic carbocycles. The van der Waals surface area contributed by atoms with Gasteiger partial charge in [-0.1, -0.05) is 35.9 Å². The maximum Gasteiger partial charge on any atom is 0.271 e. The van der Waals surface area contributed by atoms with E-state index in [4.69, 9.17) is 11.6 Å². The molecule has 1 aliphatic heterocycles. The van der Waals surface area contributed by atoms with Crippen LogP contribution in [0.3, 0.4) is 0 Å². The fourth-order valence-corrected chi connectivity index (χ4v) is 4.42. The molecule has 2 aromatic heterocycles. The highest BCUT2D eigenvalue weighted by Crippen LogP contribution is 2.27. The van der Waals surface area contributed by atoms with Gasteiger partial charge in [0.25, 0.3) is 11.8 Å². The second-order valence-corrected chi connectivity index (χ2v) is 9.06. The number of amides is 2. The van der Waals surface area contributed by atoms with Crippen LogP contribution in [0.2, 0.25) is 5.02 Å². The van der Waals surface area contributed by atoms with E-state index >= 15 is 0 Å². The van der Waals surface area contributed by atoms with Gasteiger partial charge in [0.05, 0.1) is 16.3 Å². The van der Waals surface area contributed by atoms with E-state index in [0.717, 1.165) is 19.4 Å². The van der Waals surface area contributed by atoms with Gasteiger partial charge in [0.15, 0.2) is 5.69 Å². The molecule has 3 N–H and O–H groups in total. The largest absolute Gasteiger partial charge is 0.349 e. The number of carbonyl (C=O) groups is 2. The molecule has 8 nitrogen and oxygen atoms in total. The molecule has 0 spiro atoms. The molecule has 37 heavy (non-hydrogen) atoms. The second kappa shape index (κ2) is 10.9. The van der Waals surface area contributed by atoms with Crippen LogP contribution >= 0.6 is 11.6 Å². The summed E-state index contributed by atoms with van der Waals surface area (Å²) >= 11 is 6.33. The van der Waals surface area contributed by atoms with Crippen LogP contribution in [0, 0.1) is 5.82 Å². The van der Waals surface area contributed by atoms with E-state index in [1.165, 1.54) is 41.2 Å². The first-order valence-electron chi connectivity index (χ1n) is 11.9. The Balaban J connectivity index is 1.43. The summed E-state index contributed by atoms with van der Waals surface area (Å²) in [5, 5.41) is 13.7. The number of rotatable bonds is 7. The Labute approximate surface area is 217 Å². The van der Waals surface area contributed by atoms with Crippen LogP contribution in [-0.2, 0) is 0 Å². The van der Waals surface area contributed by atoms with Gasteiger partial charge >= 0.3 is 0 Å². The fraction of sp³-hybridized carbons (Fsp3) is 0.185. The van der Waals surface area contributed by atoms with Crippen molar-refractivity contribution in [1.82, 2.24) is 25.4 Å². The van der Waals surface area contributed by atoms with Gasteiger partial charge in [-0.25, -0.2) is 9.07 Å². The molecule has 1 fully saturated rings. The molecule has 0 radical (unpaired) electrons. The molecule has 0 saturated carbocycles. The normalized spacial score (nSPS) is 14.9. The van der Waals surface area contributed by atoms with Crippen molar-refractivity contribution in [2.45, 2.75) is 18.9 Å². The molecule has 2 amide bonds. The summed E-state index contributed by atoms with van der Waals surface area (Å²) < 4.78 is 15.8. The first-order chi connectivity index (χ1) is 18.0. The van der Waals surface area contributed by atoms with Gasteiger partial charge in [-0.05, 0) is 55.8 Å². The highest BCUT2D eigenvalue weighted by molar-refractivity contribution is 6.34. The van der Waals surface area contributed by atoms with Crippen LogP contribution in [0.25, 0.3) is 16.9 Å². The van der Waals surface area contributed by atoms with E-state index in [-0.39, 0.29) is 39.7 Å². The number of benzene rings is 2. The number of hydrogen-bond acceptors (Lipinski definition) is 5. The third-order valence-electron chi connectivity index (χ3n) is 6.10. The Morgan fingerprint density at radius 1 is 1.08 bits per heavy atom. The number of para-hydroxylation sites is 1. The van der Waals surface area contributed by atoms with Crippen molar-refractivity contribution < 1.29 is 14.0 Å². The van der Waals surface area contributed by atoms with E-state index in [1.54, 1.807) is 6.07 Å². The number of nitrogens with one attached hydrogen (secondary N) is 3. The zero-order chi connectivity index (χ0) is 25.8. The summed E-state index contributed by atoms with van der Waals surface area (Å²) in [6, 6.07) is 18.3. The van der Waals surface area contributed by atoms with E-state index in [2.05, 4.69) is 26.0 Å². The maximum atomic E-state index is 14.3. The van der Waals surface area contributed by atoms with Gasteiger partial charge in [0.1, 0.15) is 17.3 Å². The fourth-order valence-electron chi connectivity index (χ4n) is 4.21. The molecule has 188 valence electrons. The molecule has 2 aromatic carbocycles. The molecule has 1 atom stereocenters. The van der Waals surface area contributed by atoms with E-state index in [0.29, 0.717) is 17.8 Å². The second-order valence-electron chi connectivity index (χ2n) is 8.65. The molecule has 4 aromatic rings. The van der Waals surface area contributed by atoms with Gasteiger partial charge < -0.3 is 16.0 Å². The van der Waals surface area contributed by atoms with Gasteiger partial charge in [0.2, 0.25) is 0 Å². The zero-order valence-electron chi connectivity index (χ0n) is 19.7. The molecule has 10 heteroatoms. The van der Waals surface area contributed by atoms with Gasteiger partial charge in [0, 0.05) is 30.4 Å². The Kier molecular flexibility index (Phi) is 7.25. The van der Waals surface area contributed by atoms with Crippen molar-refractivity contribution in [3.05, 3.63) is 95.0 Å². The number of halogens is 2. The van der Waals surface area contributed by atoms with Crippen LogP contribution in [-0.4, -0.2) is 45.7 Å². The monoisotopic (exact) mass is 518 g/mol. The van der Waals surface area contributed by atoms with Gasteiger partial charge in [-0.2, -0.15) is 5.10 Å². The highest BCUT2D eigenvalue weighted by atomic mass is 35.5. The topological polar surface area (TPSA) is 101 Å². The third-order valence-corrected chi connectivity index (χ3v) is 6.43. The number of aromatic nitrogens is 3. The lowest BCUT2D eigenvalue weighted by atomic mass is 10.1. The number of pyridine rings is 1. The summed E-state index contributed by atoms with van der Waals surface area (Å²) in [4.78, 5) is 30.2. The van der Waals surface area contributed by atoms with Crippen molar-refractivity contribution in [1.29, 1.82) is 0 Å². The van der Waals surface area contributed by atoms with Crippen LogP contribution in [0.1, 0.15) is 33.7 Å². The highest BCUT2D eigenvalue weighted by Gasteiger charge is 2.21. The van der Waals surface area contributed by atoms with Crippen LogP contribution in [0.15, 0.2) is 72.9 Å². The summed E-state index contributed by atoms with van der Waals surface area (Å²) in [5.74, 6) is -1.11. The maximum absolute atomic E-state index is 14.3. The predicted molar refractivity (Wildman–Crippen MR) is 140 cm³/mol. The summed E-state index contributed by atoms with van der Waals surface area (Å²) in [6.45, 7) is 1.43. The Morgan fingerprint density at radius 2 is 1.92 bits per heavy atom. The Bertz CT molecular complexity index is 1440. The Hall–Kier alpha value is -4.08. The van der Waals surface area contributed by atoms with Crippen LogP contribution in [0.5, 0.6) is 0 Å². The molecule has 1 saturated heterocycles. The minimum absolute atomic E-state index is 0.109. The lowest BCUT2D eigenvalue weighted by Gasteiger charge is -2.11. The molecule has 0 bridgehead atoms. The molecule has 1 aliphatic rings. The number of anilines is 1. The predicted octanol–water partition coefficient (Wildman–Crippen LogP) is 4.46. The average Bonchev–Trinajstić information content (AvgIpc) is 3.59. The first-order valence-corrected chi connectivity index (χ1v) is 12.3. The zero-order valence-corrected chi connectivity index (χ0v) is 20.5. The summed E-state index contributed by atoms with van der Waals surface area (Å²) in [6.07, 6.45) is 3.55.